The summed E-state index contributed by atoms with van der Waals surface area (Å²) in [5.74, 6) is 0.704. The van der Waals surface area contributed by atoms with Crippen molar-refractivity contribution in [2.75, 3.05) is 9.80 Å². The van der Waals surface area contributed by atoms with Crippen molar-refractivity contribution in [2.45, 2.75) is 105 Å². The summed E-state index contributed by atoms with van der Waals surface area (Å²) in [7, 11) is 0. The highest BCUT2D eigenvalue weighted by atomic mass is 15.2. The summed E-state index contributed by atoms with van der Waals surface area (Å²) in [6.07, 6.45) is 0. The van der Waals surface area contributed by atoms with Gasteiger partial charge in [0.1, 0.15) is 0 Å². The van der Waals surface area contributed by atoms with Crippen molar-refractivity contribution in [1.82, 2.24) is 9.97 Å². The van der Waals surface area contributed by atoms with Crippen LogP contribution in [0.4, 0.5) is 34.1 Å². The molecule has 0 radical (unpaired) electrons. The third-order valence-electron chi connectivity index (χ3n) is 19.0. The lowest BCUT2D eigenvalue weighted by Crippen LogP contribution is -2.61. The van der Waals surface area contributed by atoms with Crippen LogP contribution in [-0.2, 0) is 21.7 Å². The third-order valence-corrected chi connectivity index (χ3v) is 19.0. The molecule has 1 aromatic heterocycles. The highest BCUT2D eigenvalue weighted by Crippen LogP contribution is 2.54. The standard InChI is InChI=1S/C80H69BN4/c1-77(2,3)54-40-55(78(4,5)6)43-58(42-54)84-66-38-53(73-60-26-16-17-27-65(60)82-76(83-73)50-20-14-13-15-21-50)39-67-72(66)81(63-36-51-30-28-46-22-18-24-48-32-34-61(74(63)84)70(51)68(46)48)64-37-52-31-29-47-23-19-25-49-33-35-62(71(52)69(47)49)75(64)85(67)59-44-56(79(7,8)9)41-57(45-59)80(10,11)12/h13-45H,1-12H3. The summed E-state index contributed by atoms with van der Waals surface area (Å²) in [4.78, 5) is 16.5. The van der Waals surface area contributed by atoms with E-state index in [4.69, 9.17) is 9.97 Å². The minimum Gasteiger partial charge on any atom is -0.311 e. The molecule has 0 atom stereocenters. The van der Waals surface area contributed by atoms with E-state index in [1.807, 2.05) is 0 Å². The zero-order valence-corrected chi connectivity index (χ0v) is 50.9. The van der Waals surface area contributed by atoms with E-state index >= 15 is 0 Å². The minimum atomic E-state index is -0.178. The van der Waals surface area contributed by atoms with Crippen LogP contribution >= 0.6 is 0 Å². The van der Waals surface area contributed by atoms with Crippen LogP contribution in [-0.4, -0.2) is 16.7 Å². The molecule has 5 heteroatoms. The normalized spacial score (nSPS) is 13.8. The molecule has 13 aromatic carbocycles. The summed E-state index contributed by atoms with van der Waals surface area (Å²) < 4.78 is 0. The zero-order chi connectivity index (χ0) is 58.4. The Morgan fingerprint density at radius 1 is 0.329 bits per heavy atom. The molecule has 0 fully saturated rings. The summed E-state index contributed by atoms with van der Waals surface area (Å²) in [6.45, 7) is 28.2. The van der Waals surface area contributed by atoms with Crippen LogP contribution in [0.5, 0.6) is 0 Å². The molecule has 85 heavy (non-hydrogen) atoms. The first-order valence-corrected chi connectivity index (χ1v) is 30.5. The van der Waals surface area contributed by atoms with E-state index in [-0.39, 0.29) is 28.4 Å². The first-order chi connectivity index (χ1) is 40.7. The number of nitrogens with zero attached hydrogens (tertiary/aromatic N) is 4. The number of hydrogen-bond acceptors (Lipinski definition) is 4. The summed E-state index contributed by atoms with van der Waals surface area (Å²) >= 11 is 0. The molecule has 14 aromatic rings. The molecule has 0 unspecified atom stereocenters. The van der Waals surface area contributed by atoms with E-state index in [1.165, 1.54) is 115 Å². The van der Waals surface area contributed by atoms with Crippen molar-refractivity contribution >= 4 is 133 Å². The van der Waals surface area contributed by atoms with Crippen LogP contribution < -0.4 is 26.2 Å². The maximum atomic E-state index is 5.74. The second-order valence-corrected chi connectivity index (χ2v) is 28.7. The molecule has 3 heterocycles. The molecule has 0 spiro atoms. The minimum absolute atomic E-state index is 0.145. The molecule has 0 aliphatic carbocycles. The van der Waals surface area contributed by atoms with Crippen molar-refractivity contribution in [1.29, 1.82) is 0 Å². The van der Waals surface area contributed by atoms with Crippen LogP contribution in [0.15, 0.2) is 200 Å². The lowest BCUT2D eigenvalue weighted by molar-refractivity contribution is 0.568. The molecule has 0 saturated heterocycles. The molecule has 0 bridgehead atoms. The van der Waals surface area contributed by atoms with Gasteiger partial charge in [-0.05, 0) is 157 Å². The van der Waals surface area contributed by atoms with Gasteiger partial charge in [-0.3, -0.25) is 0 Å². The highest BCUT2D eigenvalue weighted by Gasteiger charge is 2.46. The van der Waals surface area contributed by atoms with Gasteiger partial charge in [0.05, 0.1) is 11.2 Å². The van der Waals surface area contributed by atoms with Gasteiger partial charge in [0, 0.05) is 61.4 Å². The first kappa shape index (κ1) is 51.6. The predicted molar refractivity (Wildman–Crippen MR) is 367 cm³/mol. The van der Waals surface area contributed by atoms with Gasteiger partial charge in [-0.25, -0.2) is 9.97 Å². The van der Waals surface area contributed by atoms with E-state index in [0.29, 0.717) is 5.82 Å². The Labute approximate surface area is 499 Å². The van der Waals surface area contributed by atoms with Gasteiger partial charge in [-0.2, -0.15) is 0 Å². The average Bonchev–Trinajstić information content (AvgIpc) is 0.698. The maximum Gasteiger partial charge on any atom is 0.252 e. The molecule has 2 aliphatic heterocycles. The molecular weight excluding hydrogens is 1030 g/mol. The molecule has 0 N–H and O–H groups in total. The van der Waals surface area contributed by atoms with Crippen LogP contribution in [0, 0.1) is 0 Å². The molecule has 0 saturated carbocycles. The van der Waals surface area contributed by atoms with Gasteiger partial charge in [-0.1, -0.05) is 241 Å². The van der Waals surface area contributed by atoms with Crippen molar-refractivity contribution < 1.29 is 0 Å². The van der Waals surface area contributed by atoms with E-state index in [1.54, 1.807) is 0 Å². The number of para-hydroxylation sites is 1. The number of anilines is 6. The molecule has 2 aliphatic rings. The third kappa shape index (κ3) is 7.81. The molecule has 0 amide bonds. The Morgan fingerprint density at radius 2 is 0.741 bits per heavy atom. The van der Waals surface area contributed by atoms with E-state index in [0.717, 1.165) is 50.5 Å². The fourth-order valence-corrected chi connectivity index (χ4v) is 14.5. The Hall–Kier alpha value is -9.06. The number of fused-ring (bicyclic) bond motifs is 7. The fraction of sp³-hybridized carbons (Fsp3) is 0.200. The first-order valence-electron chi connectivity index (χ1n) is 30.5. The number of benzene rings is 13. The van der Waals surface area contributed by atoms with Crippen molar-refractivity contribution in [3.63, 3.8) is 0 Å². The SMILES string of the molecule is CC(C)(C)c1cc(N2c3cc(-c4nc(-c5ccccc5)nc5ccccc45)cc4c3B(c3cc5ccc6cccc7ccc(c32)c5c67)c2cc3ccc5cccc6ccc(c2N4c2cc(C(C)(C)C)cc(C(C)(C)C)c2)c3c56)cc(C(C)(C)C)c1. The second-order valence-electron chi connectivity index (χ2n) is 28.7. The predicted octanol–water partition coefficient (Wildman–Crippen LogP) is 20.0. The van der Waals surface area contributed by atoms with Gasteiger partial charge in [0.15, 0.2) is 5.82 Å². The Bertz CT molecular complexity index is 4770. The van der Waals surface area contributed by atoms with Gasteiger partial charge in [0.25, 0.3) is 6.71 Å². The molecule has 4 nitrogen and oxygen atoms in total. The monoisotopic (exact) mass is 1100 g/mol. The molecular formula is C80H69BN4. The Kier molecular flexibility index (Phi) is 10.8. The molecule has 16 rings (SSSR count). The fourth-order valence-electron chi connectivity index (χ4n) is 14.5. The Morgan fingerprint density at radius 3 is 1.19 bits per heavy atom. The quantitative estimate of drug-likeness (QED) is 0.130. The highest BCUT2D eigenvalue weighted by molar-refractivity contribution is 7.01. The lowest BCUT2D eigenvalue weighted by atomic mass is 9.33. The molecule has 412 valence electrons. The lowest BCUT2D eigenvalue weighted by Gasteiger charge is -2.46. The van der Waals surface area contributed by atoms with Gasteiger partial charge in [0.2, 0.25) is 0 Å². The van der Waals surface area contributed by atoms with Gasteiger partial charge >= 0.3 is 0 Å². The summed E-state index contributed by atoms with van der Waals surface area (Å²) in [5, 5.41) is 16.3. The van der Waals surface area contributed by atoms with Crippen LogP contribution in [0.2, 0.25) is 0 Å². The van der Waals surface area contributed by atoms with Gasteiger partial charge in [-0.15, -0.1) is 0 Å². The summed E-state index contributed by atoms with van der Waals surface area (Å²) in [5.41, 5.74) is 19.4. The topological polar surface area (TPSA) is 32.3 Å². The van der Waals surface area contributed by atoms with E-state index in [9.17, 15) is 0 Å². The van der Waals surface area contributed by atoms with E-state index < -0.39 is 0 Å². The summed E-state index contributed by atoms with van der Waals surface area (Å²) in [6, 6.07) is 76.9. The van der Waals surface area contributed by atoms with Gasteiger partial charge < -0.3 is 9.80 Å². The number of rotatable bonds is 4. The van der Waals surface area contributed by atoms with Crippen molar-refractivity contribution in [3.8, 4) is 22.6 Å². The number of hydrogen-bond donors (Lipinski definition) is 0. The zero-order valence-electron chi connectivity index (χ0n) is 50.9. The van der Waals surface area contributed by atoms with Crippen LogP contribution in [0.1, 0.15) is 105 Å². The average molecular weight is 1100 g/mol. The van der Waals surface area contributed by atoms with E-state index in [2.05, 4.69) is 293 Å². The number of aromatic nitrogens is 2. The van der Waals surface area contributed by atoms with Crippen molar-refractivity contribution in [3.05, 3.63) is 222 Å². The maximum absolute atomic E-state index is 5.74. The van der Waals surface area contributed by atoms with Crippen LogP contribution in [0.3, 0.4) is 0 Å². The second kappa shape index (κ2) is 17.7. The van der Waals surface area contributed by atoms with Crippen molar-refractivity contribution in [2.24, 2.45) is 0 Å². The van der Waals surface area contributed by atoms with Crippen LogP contribution in [0.25, 0.3) is 98.2 Å². The Balaban J connectivity index is 1.14. The smallest absolute Gasteiger partial charge is 0.252 e. The largest absolute Gasteiger partial charge is 0.311 e.